The van der Waals surface area contributed by atoms with Crippen molar-refractivity contribution in [3.05, 3.63) is 59.8 Å². The molecule has 3 rings (SSSR count). The highest BCUT2D eigenvalue weighted by Gasteiger charge is 2.14. The number of hydrogen-bond donors (Lipinski definition) is 2. The summed E-state index contributed by atoms with van der Waals surface area (Å²) in [5.74, 6) is 0.907. The Balaban J connectivity index is 2.05. The molecule has 2 N–H and O–H groups in total. The molecule has 0 atom stereocenters. The van der Waals surface area contributed by atoms with E-state index in [1.54, 1.807) is 30.5 Å². The van der Waals surface area contributed by atoms with Crippen LogP contribution in [-0.2, 0) is 6.42 Å². The number of methoxy groups -OCH3 is 1. The van der Waals surface area contributed by atoms with Gasteiger partial charge < -0.3 is 15.2 Å². The minimum Gasteiger partial charge on any atom is -0.504 e. The lowest BCUT2D eigenvalue weighted by Crippen LogP contribution is -1.99. The Labute approximate surface area is 144 Å². The predicted octanol–water partition coefficient (Wildman–Crippen LogP) is 4.47. The van der Waals surface area contributed by atoms with Crippen molar-refractivity contribution in [2.45, 2.75) is 6.42 Å². The van der Waals surface area contributed by atoms with Gasteiger partial charge in [-0.05, 0) is 30.7 Å². The van der Waals surface area contributed by atoms with Crippen LogP contribution in [0.3, 0.4) is 0 Å². The highest BCUT2D eigenvalue weighted by Crippen LogP contribution is 2.36. The quantitative estimate of drug-likeness (QED) is 0.670. The maximum atomic E-state index is 10.3. The summed E-state index contributed by atoms with van der Waals surface area (Å²) < 4.78 is 5.23. The fourth-order valence-corrected chi connectivity index (χ4v) is 2.56. The lowest BCUT2D eigenvalue weighted by Gasteiger charge is -2.12. The molecule has 0 amide bonds. The Hall–Kier alpha value is -2.79. The molecule has 1 aromatic heterocycles. The van der Waals surface area contributed by atoms with Gasteiger partial charge in [-0.25, -0.2) is 9.97 Å². The maximum absolute atomic E-state index is 10.3. The molecule has 0 radical (unpaired) electrons. The van der Waals surface area contributed by atoms with E-state index < -0.39 is 0 Å². The molecule has 122 valence electrons. The zero-order valence-electron chi connectivity index (χ0n) is 13.1. The summed E-state index contributed by atoms with van der Waals surface area (Å²) in [6, 6.07) is 8.95. The summed E-state index contributed by atoms with van der Waals surface area (Å²) in [7, 11) is 1.51. The molecule has 0 fully saturated rings. The molecule has 0 spiro atoms. The van der Waals surface area contributed by atoms with Gasteiger partial charge in [-0.15, -0.1) is 6.58 Å². The van der Waals surface area contributed by atoms with Crippen LogP contribution in [-0.4, -0.2) is 22.2 Å². The van der Waals surface area contributed by atoms with E-state index in [0.717, 1.165) is 11.1 Å². The third-order valence-electron chi connectivity index (χ3n) is 3.60. The SMILES string of the molecule is C=CCc1c(O)c(OC)cc2nc(Nc3ccc(Cl)cc3)ncc12. The van der Waals surface area contributed by atoms with E-state index in [1.165, 1.54) is 7.11 Å². The number of aromatic nitrogens is 2. The number of benzene rings is 2. The molecule has 24 heavy (non-hydrogen) atoms. The van der Waals surface area contributed by atoms with Gasteiger partial charge in [-0.2, -0.15) is 0 Å². The normalized spacial score (nSPS) is 10.6. The number of rotatable bonds is 5. The van der Waals surface area contributed by atoms with Crippen LogP contribution in [0.4, 0.5) is 11.6 Å². The minimum atomic E-state index is 0.0897. The number of anilines is 2. The summed E-state index contributed by atoms with van der Waals surface area (Å²) in [5, 5.41) is 14.8. The van der Waals surface area contributed by atoms with E-state index in [0.29, 0.717) is 34.2 Å². The van der Waals surface area contributed by atoms with Crippen LogP contribution >= 0.6 is 11.6 Å². The maximum Gasteiger partial charge on any atom is 0.227 e. The van der Waals surface area contributed by atoms with Gasteiger partial charge in [0.2, 0.25) is 5.95 Å². The predicted molar refractivity (Wildman–Crippen MR) is 96.4 cm³/mol. The Bertz CT molecular complexity index is 895. The highest BCUT2D eigenvalue weighted by atomic mass is 35.5. The van der Waals surface area contributed by atoms with E-state index in [1.807, 2.05) is 12.1 Å². The summed E-state index contributed by atoms with van der Waals surface area (Å²) >= 11 is 5.88. The summed E-state index contributed by atoms with van der Waals surface area (Å²) in [6.45, 7) is 3.72. The van der Waals surface area contributed by atoms with Gasteiger partial charge in [-0.1, -0.05) is 17.7 Å². The molecular weight excluding hydrogens is 326 g/mol. The number of allylic oxidation sites excluding steroid dienone is 1. The largest absolute Gasteiger partial charge is 0.504 e. The van der Waals surface area contributed by atoms with Gasteiger partial charge in [0.15, 0.2) is 11.5 Å². The molecule has 1 heterocycles. The number of phenolic OH excluding ortho intramolecular Hbond substituents is 1. The minimum absolute atomic E-state index is 0.0897. The van der Waals surface area contributed by atoms with Crippen molar-refractivity contribution in [2.75, 3.05) is 12.4 Å². The van der Waals surface area contributed by atoms with E-state index >= 15 is 0 Å². The Morgan fingerprint density at radius 3 is 2.75 bits per heavy atom. The van der Waals surface area contributed by atoms with Crippen LogP contribution < -0.4 is 10.1 Å². The van der Waals surface area contributed by atoms with Gasteiger partial charge in [0, 0.05) is 33.9 Å². The van der Waals surface area contributed by atoms with Gasteiger partial charge in [0.25, 0.3) is 0 Å². The van der Waals surface area contributed by atoms with Crippen LogP contribution in [0.5, 0.6) is 11.5 Å². The van der Waals surface area contributed by atoms with Crippen LogP contribution in [0.1, 0.15) is 5.56 Å². The van der Waals surface area contributed by atoms with Crippen LogP contribution in [0, 0.1) is 0 Å². The summed E-state index contributed by atoms with van der Waals surface area (Å²) in [4.78, 5) is 8.83. The molecule has 0 saturated carbocycles. The average Bonchev–Trinajstić information content (AvgIpc) is 2.59. The van der Waals surface area contributed by atoms with E-state index in [-0.39, 0.29) is 5.75 Å². The number of nitrogens with zero attached hydrogens (tertiary/aromatic N) is 2. The second-order valence-electron chi connectivity index (χ2n) is 5.16. The fraction of sp³-hybridized carbons (Fsp3) is 0.111. The molecule has 2 aromatic carbocycles. The van der Waals surface area contributed by atoms with E-state index in [2.05, 4.69) is 21.9 Å². The Morgan fingerprint density at radius 1 is 1.33 bits per heavy atom. The second-order valence-corrected chi connectivity index (χ2v) is 5.59. The number of hydrogen-bond acceptors (Lipinski definition) is 5. The average molecular weight is 342 g/mol. The van der Waals surface area contributed by atoms with Gasteiger partial charge in [0.1, 0.15) is 0 Å². The van der Waals surface area contributed by atoms with E-state index in [4.69, 9.17) is 16.3 Å². The van der Waals surface area contributed by atoms with Crippen molar-refractivity contribution in [1.29, 1.82) is 0 Å². The molecule has 0 aliphatic heterocycles. The smallest absolute Gasteiger partial charge is 0.227 e. The van der Waals surface area contributed by atoms with Crippen molar-refractivity contribution < 1.29 is 9.84 Å². The molecule has 0 unspecified atom stereocenters. The zero-order chi connectivity index (χ0) is 17.1. The lowest BCUT2D eigenvalue weighted by molar-refractivity contribution is 0.372. The van der Waals surface area contributed by atoms with Crippen molar-refractivity contribution in [2.24, 2.45) is 0 Å². The summed E-state index contributed by atoms with van der Waals surface area (Å²) in [5.41, 5.74) is 2.20. The van der Waals surface area contributed by atoms with Crippen LogP contribution in [0.15, 0.2) is 49.2 Å². The van der Waals surface area contributed by atoms with E-state index in [9.17, 15) is 5.11 Å². The third kappa shape index (κ3) is 3.12. The first kappa shape index (κ1) is 16.1. The summed E-state index contributed by atoms with van der Waals surface area (Å²) in [6.07, 6.45) is 3.89. The topological polar surface area (TPSA) is 67.3 Å². The number of phenols is 1. The second kappa shape index (κ2) is 6.76. The first-order valence-electron chi connectivity index (χ1n) is 7.31. The molecule has 3 aromatic rings. The molecule has 0 bridgehead atoms. The number of aromatic hydroxyl groups is 1. The van der Waals surface area contributed by atoms with Gasteiger partial charge in [-0.3, -0.25) is 0 Å². The lowest BCUT2D eigenvalue weighted by atomic mass is 10.0. The fourth-order valence-electron chi connectivity index (χ4n) is 2.44. The number of nitrogens with one attached hydrogen (secondary N) is 1. The van der Waals surface area contributed by atoms with Crippen LogP contribution in [0.25, 0.3) is 10.9 Å². The third-order valence-corrected chi connectivity index (χ3v) is 3.85. The Kier molecular flexibility index (Phi) is 4.53. The van der Waals surface area contributed by atoms with Gasteiger partial charge >= 0.3 is 0 Å². The van der Waals surface area contributed by atoms with Crippen molar-refractivity contribution in [1.82, 2.24) is 9.97 Å². The first-order chi connectivity index (χ1) is 11.6. The van der Waals surface area contributed by atoms with Crippen molar-refractivity contribution in [3.63, 3.8) is 0 Å². The molecule has 6 heteroatoms. The van der Waals surface area contributed by atoms with Crippen molar-refractivity contribution in [3.8, 4) is 11.5 Å². The standard InChI is InChI=1S/C18H16ClN3O2/c1-3-4-13-14-10-20-18(21-12-7-5-11(19)6-8-12)22-15(14)9-16(24-2)17(13)23/h3,5-10,23H,1,4H2,2H3,(H,20,21,22). The number of fused-ring (bicyclic) bond motifs is 1. The monoisotopic (exact) mass is 341 g/mol. The van der Waals surface area contributed by atoms with Crippen molar-refractivity contribution >= 4 is 34.1 Å². The first-order valence-corrected chi connectivity index (χ1v) is 7.69. The number of halogens is 1. The molecule has 5 nitrogen and oxygen atoms in total. The zero-order valence-corrected chi connectivity index (χ0v) is 13.8. The molecule has 0 aliphatic rings. The van der Waals surface area contributed by atoms with Crippen LogP contribution in [0.2, 0.25) is 5.02 Å². The molecule has 0 saturated heterocycles. The highest BCUT2D eigenvalue weighted by molar-refractivity contribution is 6.30. The van der Waals surface area contributed by atoms with Gasteiger partial charge in [0.05, 0.1) is 12.6 Å². The Morgan fingerprint density at radius 2 is 2.08 bits per heavy atom. The molecular formula is C18H16ClN3O2. The number of ether oxygens (including phenoxy) is 1. The molecule has 0 aliphatic carbocycles.